The summed E-state index contributed by atoms with van der Waals surface area (Å²) in [6, 6.07) is 10.8. The van der Waals surface area contributed by atoms with Crippen molar-refractivity contribution in [2.75, 3.05) is 13.2 Å². The molecule has 0 bridgehead atoms. The van der Waals surface area contributed by atoms with E-state index in [-0.39, 0.29) is 0 Å². The van der Waals surface area contributed by atoms with Crippen LogP contribution in [0, 0.1) is 0 Å². The maximum Gasteiger partial charge on any atom is 0.213 e. The highest BCUT2D eigenvalue weighted by Crippen LogP contribution is 2.35. The smallest absolute Gasteiger partial charge is 0.213 e. The highest BCUT2D eigenvalue weighted by atomic mass is 16.5. The van der Waals surface area contributed by atoms with Gasteiger partial charge in [-0.3, -0.25) is 0 Å². The summed E-state index contributed by atoms with van der Waals surface area (Å²) >= 11 is 0. The van der Waals surface area contributed by atoms with Crippen LogP contribution in [0.25, 0.3) is 11.1 Å². The minimum Gasteiger partial charge on any atom is -0.494 e. The molecule has 0 atom stereocenters. The van der Waals surface area contributed by atoms with Crippen molar-refractivity contribution in [2.24, 2.45) is 0 Å². The van der Waals surface area contributed by atoms with Crippen molar-refractivity contribution in [3.8, 4) is 22.8 Å². The number of aromatic nitrogens is 1. The van der Waals surface area contributed by atoms with E-state index in [2.05, 4.69) is 38.1 Å². The van der Waals surface area contributed by atoms with Crippen molar-refractivity contribution >= 4 is 0 Å². The van der Waals surface area contributed by atoms with Gasteiger partial charge < -0.3 is 9.47 Å². The number of benzene rings is 1. The van der Waals surface area contributed by atoms with Crippen molar-refractivity contribution in [3.05, 3.63) is 41.6 Å². The Balaban J connectivity index is 1.35. The fraction of sp³-hybridized carbons (Fsp3) is 0.667. The van der Waals surface area contributed by atoms with E-state index in [1.54, 1.807) is 0 Å². The third kappa shape index (κ3) is 10.1. The highest BCUT2D eigenvalue weighted by molar-refractivity contribution is 5.73. The third-order valence-electron chi connectivity index (χ3n) is 7.46. The van der Waals surface area contributed by atoms with Gasteiger partial charge in [0.15, 0.2) is 0 Å². The van der Waals surface area contributed by atoms with Crippen LogP contribution in [0.1, 0.15) is 128 Å². The van der Waals surface area contributed by atoms with E-state index in [4.69, 9.17) is 14.5 Å². The lowest BCUT2D eigenvalue weighted by molar-refractivity contribution is 0.292. The molecule has 3 heteroatoms. The molecule has 0 saturated carbocycles. The number of aryl methyl sites for hydroxylation is 2. The highest BCUT2D eigenvalue weighted by Gasteiger charge is 2.18. The molecule has 0 amide bonds. The number of hydrogen-bond acceptors (Lipinski definition) is 3. The Bertz CT molecular complexity index is 863. The van der Waals surface area contributed by atoms with Gasteiger partial charge in [0.05, 0.1) is 18.9 Å². The Morgan fingerprint density at radius 2 is 1.14 bits per heavy atom. The maximum absolute atomic E-state index is 6.10. The van der Waals surface area contributed by atoms with Gasteiger partial charge in [0.2, 0.25) is 5.88 Å². The summed E-state index contributed by atoms with van der Waals surface area (Å²) < 4.78 is 12.1. The average molecular weight is 494 g/mol. The topological polar surface area (TPSA) is 31.4 Å². The maximum atomic E-state index is 6.10. The van der Waals surface area contributed by atoms with Gasteiger partial charge in [-0.25, -0.2) is 4.98 Å². The van der Waals surface area contributed by atoms with E-state index < -0.39 is 0 Å². The van der Waals surface area contributed by atoms with Crippen LogP contribution < -0.4 is 9.47 Å². The fourth-order valence-electron chi connectivity index (χ4n) is 5.22. The van der Waals surface area contributed by atoms with Gasteiger partial charge in [-0.2, -0.15) is 0 Å². The Kier molecular flexibility index (Phi) is 13.8. The zero-order chi connectivity index (χ0) is 25.3. The third-order valence-corrected chi connectivity index (χ3v) is 7.46. The molecule has 36 heavy (non-hydrogen) atoms. The molecule has 0 N–H and O–H groups in total. The molecule has 0 spiro atoms. The molecule has 1 aromatic heterocycles. The molecule has 0 aliphatic heterocycles. The first kappa shape index (κ1) is 28.5. The van der Waals surface area contributed by atoms with Crippen molar-refractivity contribution < 1.29 is 9.47 Å². The van der Waals surface area contributed by atoms with E-state index in [1.165, 1.54) is 112 Å². The van der Waals surface area contributed by atoms with Gasteiger partial charge in [0, 0.05) is 11.6 Å². The number of nitrogens with zero attached hydrogens (tertiary/aromatic N) is 1. The van der Waals surface area contributed by atoms with Gasteiger partial charge in [0.1, 0.15) is 5.75 Å². The van der Waals surface area contributed by atoms with Gasteiger partial charge >= 0.3 is 0 Å². The van der Waals surface area contributed by atoms with Crippen LogP contribution >= 0.6 is 0 Å². The molecular formula is C33H51NO2. The Labute approximate surface area is 221 Å². The molecular weight excluding hydrogens is 442 g/mol. The van der Waals surface area contributed by atoms with Crippen molar-refractivity contribution in [2.45, 2.75) is 129 Å². The first-order chi connectivity index (χ1) is 17.8. The first-order valence-electron chi connectivity index (χ1n) is 15.2. The zero-order valence-electron chi connectivity index (χ0n) is 23.3. The van der Waals surface area contributed by atoms with Crippen LogP contribution in [0.4, 0.5) is 0 Å². The van der Waals surface area contributed by atoms with Gasteiger partial charge in [0.25, 0.3) is 0 Å². The minimum atomic E-state index is 0.772. The van der Waals surface area contributed by atoms with Gasteiger partial charge in [-0.15, -0.1) is 0 Å². The van der Waals surface area contributed by atoms with Crippen molar-refractivity contribution in [1.82, 2.24) is 4.98 Å². The van der Waals surface area contributed by atoms with E-state index in [1.807, 2.05) is 6.07 Å². The summed E-state index contributed by atoms with van der Waals surface area (Å²) in [7, 11) is 0. The molecule has 1 aliphatic rings. The molecule has 0 saturated heterocycles. The summed E-state index contributed by atoms with van der Waals surface area (Å²) in [6.45, 7) is 6.14. The molecule has 0 unspecified atom stereocenters. The largest absolute Gasteiger partial charge is 0.494 e. The molecule has 1 aliphatic carbocycles. The average Bonchev–Trinajstić information content (AvgIpc) is 2.91. The lowest BCUT2D eigenvalue weighted by Gasteiger charge is -2.20. The van der Waals surface area contributed by atoms with Crippen LogP contribution in [-0.2, 0) is 12.8 Å². The number of rotatable bonds is 20. The monoisotopic (exact) mass is 493 g/mol. The molecule has 2 aromatic rings. The lowest BCUT2D eigenvalue weighted by Crippen LogP contribution is -2.08. The summed E-state index contributed by atoms with van der Waals surface area (Å²) in [5, 5.41) is 0. The molecule has 3 rings (SSSR count). The quantitative estimate of drug-likeness (QED) is 0.172. The second-order valence-electron chi connectivity index (χ2n) is 10.6. The first-order valence-corrected chi connectivity index (χ1v) is 15.2. The number of ether oxygens (including phenoxy) is 2. The number of pyridine rings is 1. The summed E-state index contributed by atoms with van der Waals surface area (Å²) in [5.74, 6) is 1.79. The van der Waals surface area contributed by atoms with E-state index in [0.29, 0.717) is 0 Å². The van der Waals surface area contributed by atoms with Gasteiger partial charge in [-0.1, -0.05) is 110 Å². The number of unbranched alkanes of at least 4 members (excludes halogenated alkanes) is 14. The molecule has 1 aromatic carbocycles. The predicted molar refractivity (Wildman–Crippen MR) is 153 cm³/mol. The Morgan fingerprint density at radius 1 is 0.583 bits per heavy atom. The summed E-state index contributed by atoms with van der Waals surface area (Å²) in [6.07, 6.45) is 23.2. The van der Waals surface area contributed by atoms with Crippen LogP contribution in [0.2, 0.25) is 0 Å². The standard InChI is InChI=1S/C33H51NO2/c1-3-5-7-9-11-12-13-14-16-17-25-35-29-20-21-30-28(27-29)19-23-32-31(30)22-24-33(34-32)36-26-18-15-10-8-6-4-2/h20-22,24,27H,3-19,23,25-26H2,1-2H3. The molecule has 0 fully saturated rings. The Morgan fingerprint density at radius 3 is 1.78 bits per heavy atom. The van der Waals surface area contributed by atoms with Crippen LogP contribution in [0.3, 0.4) is 0 Å². The van der Waals surface area contributed by atoms with Crippen molar-refractivity contribution in [1.29, 1.82) is 0 Å². The molecule has 1 heterocycles. The summed E-state index contributed by atoms with van der Waals surface area (Å²) in [5.41, 5.74) is 5.11. The van der Waals surface area contributed by atoms with Crippen LogP contribution in [0.15, 0.2) is 30.3 Å². The normalized spacial score (nSPS) is 12.3. The predicted octanol–water partition coefficient (Wildman–Crippen LogP) is 9.89. The van der Waals surface area contributed by atoms with E-state index >= 15 is 0 Å². The molecule has 3 nitrogen and oxygen atoms in total. The SMILES string of the molecule is CCCCCCCCCCCCOc1ccc2c(c1)CCc1nc(OCCCCCCCC)ccc1-2. The molecule has 0 radical (unpaired) electrons. The van der Waals surface area contributed by atoms with Crippen LogP contribution in [-0.4, -0.2) is 18.2 Å². The summed E-state index contributed by atoms with van der Waals surface area (Å²) in [4.78, 5) is 4.84. The van der Waals surface area contributed by atoms with E-state index in [0.717, 1.165) is 50.5 Å². The second-order valence-corrected chi connectivity index (χ2v) is 10.6. The lowest BCUT2D eigenvalue weighted by atomic mass is 9.88. The fourth-order valence-corrected chi connectivity index (χ4v) is 5.22. The minimum absolute atomic E-state index is 0.772. The number of fused-ring (bicyclic) bond motifs is 3. The number of hydrogen-bond donors (Lipinski definition) is 0. The molecule has 200 valence electrons. The Hall–Kier alpha value is -2.03. The van der Waals surface area contributed by atoms with E-state index in [9.17, 15) is 0 Å². The van der Waals surface area contributed by atoms with Crippen LogP contribution in [0.5, 0.6) is 11.6 Å². The zero-order valence-corrected chi connectivity index (χ0v) is 23.3. The second kappa shape index (κ2) is 17.4. The van der Waals surface area contributed by atoms with Crippen molar-refractivity contribution in [3.63, 3.8) is 0 Å². The van der Waals surface area contributed by atoms with Gasteiger partial charge in [-0.05, 0) is 55.0 Å².